The first-order valence-electron chi connectivity index (χ1n) is 8.77. The first-order valence-corrected chi connectivity index (χ1v) is 11.2. The van der Waals surface area contributed by atoms with Crippen molar-refractivity contribution >= 4 is 56.0 Å². The smallest absolute Gasteiger partial charge is 0.260 e. The molecule has 7 heteroatoms. The van der Waals surface area contributed by atoms with Gasteiger partial charge in [-0.3, -0.25) is 9.69 Å². The molecule has 1 aromatic heterocycles. The van der Waals surface area contributed by atoms with Crippen LogP contribution in [0.3, 0.4) is 0 Å². The monoisotopic (exact) mass is 418 g/mol. The fourth-order valence-corrected chi connectivity index (χ4v) is 4.79. The summed E-state index contributed by atoms with van der Waals surface area (Å²) in [6.45, 7) is 1.27. The largest absolute Gasteiger partial charge is 0.376 e. The normalized spacial score (nSPS) is 16.7. The number of nitrogens with zero attached hydrogens (tertiary/aromatic N) is 2. The minimum absolute atomic E-state index is 0.0509. The van der Waals surface area contributed by atoms with E-state index in [4.69, 9.17) is 16.3 Å². The van der Waals surface area contributed by atoms with Gasteiger partial charge < -0.3 is 4.74 Å². The maximum Gasteiger partial charge on any atom is 0.260 e. The van der Waals surface area contributed by atoms with Crippen LogP contribution in [0.15, 0.2) is 47.4 Å². The molecule has 1 atom stereocenters. The quantitative estimate of drug-likeness (QED) is 0.513. The molecule has 2 heterocycles. The highest BCUT2D eigenvalue weighted by atomic mass is 35.5. The molecule has 1 aliphatic heterocycles. The van der Waals surface area contributed by atoms with Gasteiger partial charge >= 0.3 is 0 Å². The van der Waals surface area contributed by atoms with Gasteiger partial charge in [-0.2, -0.15) is 0 Å². The topological polar surface area (TPSA) is 42.4 Å². The number of ether oxygens (including phenoxy) is 1. The van der Waals surface area contributed by atoms with Crippen LogP contribution in [-0.2, 0) is 4.74 Å². The summed E-state index contributed by atoms with van der Waals surface area (Å²) in [4.78, 5) is 20.8. The minimum atomic E-state index is -0.0525. The van der Waals surface area contributed by atoms with Gasteiger partial charge in [-0.25, -0.2) is 4.98 Å². The summed E-state index contributed by atoms with van der Waals surface area (Å²) in [6, 6.07) is 13.3. The molecule has 0 saturated carbocycles. The summed E-state index contributed by atoms with van der Waals surface area (Å²) in [5, 5.41) is 1.35. The minimum Gasteiger partial charge on any atom is -0.376 e. The number of hydrogen-bond acceptors (Lipinski definition) is 5. The summed E-state index contributed by atoms with van der Waals surface area (Å²) in [6.07, 6.45) is 4.07. The van der Waals surface area contributed by atoms with E-state index in [0.717, 1.165) is 34.6 Å². The second-order valence-corrected chi connectivity index (χ2v) is 8.71. The van der Waals surface area contributed by atoms with Crippen molar-refractivity contribution in [2.45, 2.75) is 23.8 Å². The van der Waals surface area contributed by atoms with Crippen LogP contribution in [0.5, 0.6) is 0 Å². The zero-order valence-corrected chi connectivity index (χ0v) is 17.2. The average Bonchev–Trinajstić information content (AvgIpc) is 3.34. The Hall–Kier alpha value is -1.60. The molecule has 3 aromatic rings. The molecular weight excluding hydrogens is 400 g/mol. The van der Waals surface area contributed by atoms with Crippen molar-refractivity contribution in [2.75, 3.05) is 24.3 Å². The molecule has 1 saturated heterocycles. The zero-order chi connectivity index (χ0) is 18.8. The predicted octanol–water partition coefficient (Wildman–Crippen LogP) is 5.50. The number of amides is 1. The maximum atomic E-state index is 13.3. The molecule has 27 heavy (non-hydrogen) atoms. The molecule has 0 radical (unpaired) electrons. The van der Waals surface area contributed by atoms with E-state index in [9.17, 15) is 4.79 Å². The Kier molecular flexibility index (Phi) is 5.68. The summed E-state index contributed by atoms with van der Waals surface area (Å²) < 4.78 is 6.75. The van der Waals surface area contributed by atoms with Crippen LogP contribution in [0, 0.1) is 0 Å². The lowest BCUT2D eigenvalue weighted by atomic mass is 10.2. The van der Waals surface area contributed by atoms with E-state index in [1.54, 1.807) is 16.7 Å². The van der Waals surface area contributed by atoms with Gasteiger partial charge in [0.25, 0.3) is 5.91 Å². The van der Waals surface area contributed by atoms with Gasteiger partial charge in [-0.1, -0.05) is 22.9 Å². The van der Waals surface area contributed by atoms with Gasteiger partial charge in [0.05, 0.1) is 22.9 Å². The van der Waals surface area contributed by atoms with Gasteiger partial charge in [-0.15, -0.1) is 11.8 Å². The second kappa shape index (κ2) is 8.19. The van der Waals surface area contributed by atoms with E-state index in [1.807, 2.05) is 48.7 Å². The average molecular weight is 419 g/mol. The van der Waals surface area contributed by atoms with Crippen LogP contribution in [0.4, 0.5) is 5.13 Å². The Morgan fingerprint density at radius 3 is 2.85 bits per heavy atom. The zero-order valence-electron chi connectivity index (χ0n) is 14.9. The summed E-state index contributed by atoms with van der Waals surface area (Å²) >= 11 is 9.25. The van der Waals surface area contributed by atoms with Crippen LogP contribution in [0.1, 0.15) is 23.2 Å². The number of carbonyl (C=O) groups excluding carboxylic acids is 1. The van der Waals surface area contributed by atoms with E-state index < -0.39 is 0 Å². The van der Waals surface area contributed by atoms with Crippen LogP contribution >= 0.6 is 34.7 Å². The molecule has 1 amide bonds. The van der Waals surface area contributed by atoms with Gasteiger partial charge in [0, 0.05) is 22.1 Å². The Labute approximate surface area is 171 Å². The lowest BCUT2D eigenvalue weighted by molar-refractivity contribution is 0.0917. The van der Waals surface area contributed by atoms with Crippen molar-refractivity contribution in [2.24, 2.45) is 0 Å². The second-order valence-electron chi connectivity index (χ2n) is 6.39. The highest BCUT2D eigenvalue weighted by Gasteiger charge is 2.27. The summed E-state index contributed by atoms with van der Waals surface area (Å²) in [5.41, 5.74) is 1.50. The molecule has 0 spiro atoms. The molecule has 1 aliphatic rings. The van der Waals surface area contributed by atoms with Crippen LogP contribution in [-0.4, -0.2) is 36.4 Å². The standard InChI is InChI=1S/C20H19ClN2O2S2/c1-26-16-7-4-13(5-8-16)19(24)23(12-15-3-2-10-25-15)20-22-17-9-6-14(21)11-18(17)27-20/h4-9,11,15H,2-3,10,12H2,1H3. The fourth-order valence-electron chi connectivity index (χ4n) is 3.13. The highest BCUT2D eigenvalue weighted by Crippen LogP contribution is 2.32. The van der Waals surface area contributed by atoms with E-state index in [2.05, 4.69) is 4.98 Å². The molecular formula is C20H19ClN2O2S2. The Balaban J connectivity index is 1.69. The number of halogens is 1. The molecule has 2 aromatic carbocycles. The van der Waals surface area contributed by atoms with Crippen LogP contribution in [0.25, 0.3) is 10.2 Å². The summed E-state index contributed by atoms with van der Waals surface area (Å²) in [7, 11) is 0. The molecule has 0 bridgehead atoms. The lowest BCUT2D eigenvalue weighted by Crippen LogP contribution is -2.37. The molecule has 0 aliphatic carbocycles. The molecule has 1 fully saturated rings. The molecule has 140 valence electrons. The van der Waals surface area contributed by atoms with E-state index in [-0.39, 0.29) is 12.0 Å². The third-order valence-electron chi connectivity index (χ3n) is 4.56. The van der Waals surface area contributed by atoms with Crippen molar-refractivity contribution in [3.8, 4) is 0 Å². The van der Waals surface area contributed by atoms with E-state index in [0.29, 0.717) is 22.3 Å². The summed E-state index contributed by atoms with van der Waals surface area (Å²) in [5.74, 6) is -0.0525. The number of hydrogen-bond donors (Lipinski definition) is 0. The van der Waals surface area contributed by atoms with E-state index in [1.165, 1.54) is 11.3 Å². The Bertz CT molecular complexity index is 952. The van der Waals surface area contributed by atoms with Gasteiger partial charge in [0.2, 0.25) is 0 Å². The van der Waals surface area contributed by atoms with Gasteiger partial charge in [0.1, 0.15) is 0 Å². The Morgan fingerprint density at radius 1 is 1.33 bits per heavy atom. The maximum absolute atomic E-state index is 13.3. The number of aromatic nitrogens is 1. The van der Waals surface area contributed by atoms with Crippen molar-refractivity contribution < 1.29 is 9.53 Å². The number of rotatable bonds is 5. The number of benzene rings is 2. The number of carbonyl (C=O) groups is 1. The highest BCUT2D eigenvalue weighted by molar-refractivity contribution is 7.98. The van der Waals surface area contributed by atoms with Crippen LogP contribution < -0.4 is 4.90 Å². The number of anilines is 1. The number of thiazole rings is 1. The van der Waals surface area contributed by atoms with Crippen LogP contribution in [0.2, 0.25) is 5.02 Å². The third kappa shape index (κ3) is 4.14. The van der Waals surface area contributed by atoms with Crippen molar-refractivity contribution in [1.29, 1.82) is 0 Å². The molecule has 4 rings (SSSR count). The number of thioether (sulfide) groups is 1. The molecule has 4 nitrogen and oxygen atoms in total. The first kappa shape index (κ1) is 18.7. The molecule has 0 N–H and O–H groups in total. The van der Waals surface area contributed by atoms with Crippen molar-refractivity contribution in [3.05, 3.63) is 53.1 Å². The number of fused-ring (bicyclic) bond motifs is 1. The lowest BCUT2D eigenvalue weighted by Gasteiger charge is -2.23. The predicted molar refractivity (Wildman–Crippen MR) is 114 cm³/mol. The SMILES string of the molecule is CSc1ccc(C(=O)N(CC2CCCO2)c2nc3ccc(Cl)cc3s2)cc1. The first-order chi connectivity index (χ1) is 13.1. The van der Waals surface area contributed by atoms with Crippen molar-refractivity contribution in [3.63, 3.8) is 0 Å². The Morgan fingerprint density at radius 2 is 2.15 bits per heavy atom. The third-order valence-corrected chi connectivity index (χ3v) is 6.58. The van der Waals surface area contributed by atoms with Crippen molar-refractivity contribution in [1.82, 2.24) is 4.98 Å². The van der Waals surface area contributed by atoms with Gasteiger partial charge in [-0.05, 0) is 61.6 Å². The van der Waals surface area contributed by atoms with Gasteiger partial charge in [0.15, 0.2) is 5.13 Å². The fraction of sp³-hybridized carbons (Fsp3) is 0.300. The molecule has 1 unspecified atom stereocenters. The van der Waals surface area contributed by atoms with E-state index >= 15 is 0 Å².